The Labute approximate surface area is 139 Å². The van der Waals surface area contributed by atoms with Crippen molar-refractivity contribution in [1.82, 2.24) is 5.32 Å². The molecular formula is C17H22BrNO3. The number of benzene rings is 1. The highest BCUT2D eigenvalue weighted by atomic mass is 79.9. The molecule has 0 aromatic heterocycles. The van der Waals surface area contributed by atoms with Gasteiger partial charge in [-0.2, -0.15) is 0 Å². The summed E-state index contributed by atoms with van der Waals surface area (Å²) >= 11 is 3.56. The van der Waals surface area contributed by atoms with Crippen LogP contribution < -0.4 is 5.32 Å². The van der Waals surface area contributed by atoms with Crippen LogP contribution in [-0.2, 0) is 19.9 Å². The van der Waals surface area contributed by atoms with Crippen molar-refractivity contribution in [2.45, 2.75) is 24.9 Å². The number of hydrogen-bond donors (Lipinski definition) is 1. The van der Waals surface area contributed by atoms with Gasteiger partial charge in [-0.1, -0.05) is 34.5 Å². The molecule has 3 rings (SSSR count). The summed E-state index contributed by atoms with van der Waals surface area (Å²) in [6, 6.07) is 8.32. The zero-order chi connectivity index (χ0) is 15.6. The normalized spacial score (nSPS) is 30.8. The van der Waals surface area contributed by atoms with Crippen molar-refractivity contribution in [1.29, 1.82) is 0 Å². The number of fused-ring (bicyclic) bond motifs is 2. The van der Waals surface area contributed by atoms with E-state index in [1.807, 2.05) is 12.1 Å². The maximum atomic E-state index is 11.6. The highest BCUT2D eigenvalue weighted by molar-refractivity contribution is 9.10. The number of hydrogen-bond acceptors (Lipinski definition) is 4. The Kier molecular flexibility index (Phi) is 4.85. The molecule has 2 atom stereocenters. The Balaban J connectivity index is 1.99. The Morgan fingerprint density at radius 1 is 1.36 bits per heavy atom. The molecular weight excluding hydrogens is 346 g/mol. The molecule has 1 saturated heterocycles. The average Bonchev–Trinajstić information content (AvgIpc) is 2.51. The number of ether oxygens (including phenoxy) is 2. The summed E-state index contributed by atoms with van der Waals surface area (Å²) in [5.74, 6) is 0.462. The molecule has 2 unspecified atom stereocenters. The molecule has 1 aromatic rings. The number of rotatable bonds is 4. The molecule has 0 spiro atoms. The first-order valence-electron chi connectivity index (χ1n) is 7.84. The summed E-state index contributed by atoms with van der Waals surface area (Å²) in [5, 5.41) is 3.52. The van der Waals surface area contributed by atoms with E-state index in [2.05, 4.69) is 33.4 Å². The second-order valence-electron chi connectivity index (χ2n) is 6.15. The standard InChI is InChI=1S/C17H22BrNO3/c1-21-16(20)11-22-17(12-4-3-7-15(18)8-12)13-5-2-6-14(17)10-19-9-13/h3-4,7-8,13-14,19H,2,5-6,9-11H2,1H3. The van der Waals surface area contributed by atoms with Crippen LogP contribution in [0.4, 0.5) is 0 Å². The summed E-state index contributed by atoms with van der Waals surface area (Å²) in [5.41, 5.74) is 0.781. The topological polar surface area (TPSA) is 47.6 Å². The van der Waals surface area contributed by atoms with Crippen LogP contribution in [0.25, 0.3) is 0 Å². The van der Waals surface area contributed by atoms with Crippen LogP contribution in [0.1, 0.15) is 24.8 Å². The molecule has 1 saturated carbocycles. The predicted octanol–water partition coefficient (Wildman–Crippen LogP) is 2.85. The largest absolute Gasteiger partial charge is 0.467 e. The van der Waals surface area contributed by atoms with Crippen molar-refractivity contribution in [3.63, 3.8) is 0 Å². The smallest absolute Gasteiger partial charge is 0.331 e. The molecule has 120 valence electrons. The van der Waals surface area contributed by atoms with Crippen molar-refractivity contribution in [2.75, 3.05) is 26.8 Å². The first-order chi connectivity index (χ1) is 10.7. The molecule has 2 fully saturated rings. The molecule has 1 heterocycles. The van der Waals surface area contributed by atoms with E-state index in [1.54, 1.807) is 0 Å². The van der Waals surface area contributed by atoms with E-state index in [-0.39, 0.29) is 18.2 Å². The Morgan fingerprint density at radius 3 is 2.73 bits per heavy atom. The highest BCUT2D eigenvalue weighted by Crippen LogP contribution is 2.50. The molecule has 1 aliphatic carbocycles. The van der Waals surface area contributed by atoms with E-state index in [1.165, 1.54) is 19.1 Å². The molecule has 1 aromatic carbocycles. The molecule has 22 heavy (non-hydrogen) atoms. The lowest BCUT2D eigenvalue weighted by atomic mass is 9.63. The van der Waals surface area contributed by atoms with Gasteiger partial charge in [0.25, 0.3) is 0 Å². The van der Waals surface area contributed by atoms with Crippen LogP contribution in [0.5, 0.6) is 0 Å². The number of carbonyl (C=O) groups is 1. The molecule has 4 nitrogen and oxygen atoms in total. The summed E-state index contributed by atoms with van der Waals surface area (Å²) < 4.78 is 12.1. The third-order valence-corrected chi connectivity index (χ3v) is 5.53. The Bertz CT molecular complexity index is 526. The lowest BCUT2D eigenvalue weighted by Crippen LogP contribution is -2.58. The van der Waals surface area contributed by atoms with Gasteiger partial charge in [-0.3, -0.25) is 0 Å². The van der Waals surface area contributed by atoms with Crippen molar-refractivity contribution < 1.29 is 14.3 Å². The zero-order valence-corrected chi connectivity index (χ0v) is 14.4. The van der Waals surface area contributed by atoms with Gasteiger partial charge in [0, 0.05) is 29.4 Å². The lowest BCUT2D eigenvalue weighted by Gasteiger charge is -2.53. The maximum Gasteiger partial charge on any atom is 0.331 e. The van der Waals surface area contributed by atoms with Gasteiger partial charge in [0.1, 0.15) is 12.2 Å². The second-order valence-corrected chi connectivity index (χ2v) is 7.07. The number of esters is 1. The number of nitrogens with one attached hydrogen (secondary N) is 1. The number of carbonyl (C=O) groups excluding carboxylic acids is 1. The van der Waals surface area contributed by atoms with Crippen LogP contribution in [0.15, 0.2) is 28.7 Å². The van der Waals surface area contributed by atoms with E-state index in [0.717, 1.165) is 30.4 Å². The van der Waals surface area contributed by atoms with Gasteiger partial charge in [0.2, 0.25) is 0 Å². The second kappa shape index (κ2) is 6.69. The van der Waals surface area contributed by atoms with Crippen LogP contribution >= 0.6 is 15.9 Å². The zero-order valence-electron chi connectivity index (χ0n) is 12.8. The first-order valence-corrected chi connectivity index (χ1v) is 8.63. The van der Waals surface area contributed by atoms with Crippen LogP contribution in [0.2, 0.25) is 0 Å². The van der Waals surface area contributed by atoms with E-state index in [0.29, 0.717) is 11.8 Å². The quantitative estimate of drug-likeness (QED) is 0.831. The van der Waals surface area contributed by atoms with E-state index < -0.39 is 0 Å². The molecule has 0 radical (unpaired) electrons. The van der Waals surface area contributed by atoms with Crippen molar-refractivity contribution in [3.8, 4) is 0 Å². The SMILES string of the molecule is COC(=O)COC1(c2cccc(Br)c2)C2CCCC1CNC2. The summed E-state index contributed by atoms with van der Waals surface area (Å²) in [4.78, 5) is 11.6. The van der Waals surface area contributed by atoms with Crippen molar-refractivity contribution in [2.24, 2.45) is 11.8 Å². The third kappa shape index (κ3) is 2.82. The first kappa shape index (κ1) is 16.0. The van der Waals surface area contributed by atoms with Crippen LogP contribution in [0.3, 0.4) is 0 Å². The van der Waals surface area contributed by atoms with Gasteiger partial charge in [0.15, 0.2) is 0 Å². The van der Waals surface area contributed by atoms with E-state index >= 15 is 0 Å². The molecule has 2 bridgehead atoms. The lowest BCUT2D eigenvalue weighted by molar-refractivity contribution is -0.183. The number of halogens is 1. The monoisotopic (exact) mass is 367 g/mol. The maximum absolute atomic E-state index is 11.6. The van der Waals surface area contributed by atoms with Gasteiger partial charge in [-0.25, -0.2) is 4.79 Å². The minimum Gasteiger partial charge on any atom is -0.467 e. The molecule has 1 aliphatic heterocycles. The van der Waals surface area contributed by atoms with Gasteiger partial charge in [-0.15, -0.1) is 0 Å². The summed E-state index contributed by atoms with van der Waals surface area (Å²) in [6.07, 6.45) is 3.47. The molecule has 0 amide bonds. The third-order valence-electron chi connectivity index (χ3n) is 5.03. The van der Waals surface area contributed by atoms with E-state index in [4.69, 9.17) is 9.47 Å². The Hall–Kier alpha value is -0.910. The van der Waals surface area contributed by atoms with Crippen LogP contribution in [0, 0.1) is 11.8 Å². The van der Waals surface area contributed by atoms with Gasteiger partial charge in [-0.05, 0) is 30.5 Å². The van der Waals surface area contributed by atoms with Gasteiger partial charge < -0.3 is 14.8 Å². The summed E-state index contributed by atoms with van der Waals surface area (Å²) in [6.45, 7) is 1.88. The van der Waals surface area contributed by atoms with Crippen molar-refractivity contribution >= 4 is 21.9 Å². The van der Waals surface area contributed by atoms with E-state index in [9.17, 15) is 4.79 Å². The minimum atomic E-state index is -0.387. The average molecular weight is 368 g/mol. The fourth-order valence-electron chi connectivity index (χ4n) is 4.07. The van der Waals surface area contributed by atoms with Crippen molar-refractivity contribution in [3.05, 3.63) is 34.3 Å². The summed E-state index contributed by atoms with van der Waals surface area (Å²) in [7, 11) is 1.40. The Morgan fingerprint density at radius 2 is 2.09 bits per heavy atom. The molecule has 1 N–H and O–H groups in total. The predicted molar refractivity (Wildman–Crippen MR) is 87.5 cm³/mol. The molecule has 2 aliphatic rings. The minimum absolute atomic E-state index is 0.00993. The van der Waals surface area contributed by atoms with Crippen LogP contribution in [-0.4, -0.2) is 32.8 Å². The van der Waals surface area contributed by atoms with Gasteiger partial charge in [0.05, 0.1) is 7.11 Å². The number of methoxy groups -OCH3 is 1. The highest BCUT2D eigenvalue weighted by Gasteiger charge is 2.52. The fourth-order valence-corrected chi connectivity index (χ4v) is 4.47. The molecule has 5 heteroatoms. The van der Waals surface area contributed by atoms with Gasteiger partial charge >= 0.3 is 5.97 Å². The number of piperidine rings is 1. The fraction of sp³-hybridized carbons (Fsp3) is 0.588.